The Balaban J connectivity index is 1.86. The summed E-state index contributed by atoms with van der Waals surface area (Å²) >= 11 is 0. The van der Waals surface area contributed by atoms with Gasteiger partial charge in [0, 0.05) is 12.7 Å². The summed E-state index contributed by atoms with van der Waals surface area (Å²) in [6.45, 7) is 2.72. The van der Waals surface area contributed by atoms with E-state index in [4.69, 9.17) is 0 Å². The van der Waals surface area contributed by atoms with E-state index in [0.717, 1.165) is 24.3 Å². The Labute approximate surface area is 107 Å². The van der Waals surface area contributed by atoms with Crippen LogP contribution in [0, 0.1) is 6.92 Å². The van der Waals surface area contributed by atoms with Gasteiger partial charge in [-0.2, -0.15) is 5.10 Å². The Bertz CT molecular complexity index is 479. The molecule has 0 radical (unpaired) electrons. The molecule has 0 spiro atoms. The smallest absolute Gasteiger partial charge is 0.109 e. The molecule has 0 saturated carbocycles. The summed E-state index contributed by atoms with van der Waals surface area (Å²) < 4.78 is 13.9. The van der Waals surface area contributed by atoms with Gasteiger partial charge < -0.3 is 5.32 Å². The number of rotatable bonds is 6. The molecule has 1 aromatic carbocycles. The van der Waals surface area contributed by atoms with E-state index in [-0.39, 0.29) is 6.67 Å². The van der Waals surface area contributed by atoms with E-state index in [1.165, 1.54) is 5.56 Å². The Kier molecular flexibility index (Phi) is 4.34. The molecule has 0 amide bonds. The molecule has 0 atom stereocenters. The Morgan fingerprint density at radius 1 is 1.28 bits per heavy atom. The zero-order valence-corrected chi connectivity index (χ0v) is 10.6. The zero-order valence-electron chi connectivity index (χ0n) is 10.6. The molecule has 0 aliphatic heterocycles. The maximum Gasteiger partial charge on any atom is 0.109 e. The number of nitrogens with zero attached hydrogens (tertiary/aromatic N) is 2. The van der Waals surface area contributed by atoms with Crippen molar-refractivity contribution in [3.63, 3.8) is 0 Å². The van der Waals surface area contributed by atoms with Crippen molar-refractivity contribution in [2.45, 2.75) is 19.9 Å². The molecule has 1 N–H and O–H groups in total. The van der Waals surface area contributed by atoms with E-state index < -0.39 is 0 Å². The molecule has 0 fully saturated rings. The maximum atomic E-state index is 12.2. The lowest BCUT2D eigenvalue weighted by Gasteiger charge is -2.04. The minimum absolute atomic E-state index is 0.321. The Morgan fingerprint density at radius 2 is 2.06 bits per heavy atom. The minimum Gasteiger partial charge on any atom is -0.382 e. The van der Waals surface area contributed by atoms with E-state index in [1.807, 2.05) is 31.3 Å². The van der Waals surface area contributed by atoms with Crippen LogP contribution in [0.2, 0.25) is 0 Å². The lowest BCUT2D eigenvalue weighted by molar-refractivity contribution is 0.426. The second kappa shape index (κ2) is 6.19. The summed E-state index contributed by atoms with van der Waals surface area (Å²) in [4.78, 5) is 0. The van der Waals surface area contributed by atoms with Crippen LogP contribution in [-0.2, 0) is 13.0 Å². The van der Waals surface area contributed by atoms with Gasteiger partial charge in [-0.15, -0.1) is 0 Å². The van der Waals surface area contributed by atoms with Crippen LogP contribution in [0.25, 0.3) is 0 Å². The van der Waals surface area contributed by atoms with E-state index in [1.54, 1.807) is 4.68 Å². The summed E-state index contributed by atoms with van der Waals surface area (Å²) in [7, 11) is 0. The molecule has 1 heterocycles. The first-order valence-electron chi connectivity index (χ1n) is 6.17. The van der Waals surface area contributed by atoms with Gasteiger partial charge in [0.2, 0.25) is 0 Å². The van der Waals surface area contributed by atoms with E-state index in [9.17, 15) is 4.39 Å². The van der Waals surface area contributed by atoms with Crippen LogP contribution in [0.15, 0.2) is 36.5 Å². The first-order valence-corrected chi connectivity index (χ1v) is 6.17. The van der Waals surface area contributed by atoms with Crippen molar-refractivity contribution in [3.05, 3.63) is 47.8 Å². The van der Waals surface area contributed by atoms with Crippen molar-refractivity contribution in [1.82, 2.24) is 9.78 Å². The monoisotopic (exact) mass is 247 g/mol. The number of benzene rings is 1. The van der Waals surface area contributed by atoms with Gasteiger partial charge >= 0.3 is 0 Å². The molecule has 18 heavy (non-hydrogen) atoms. The summed E-state index contributed by atoms with van der Waals surface area (Å²) in [5, 5.41) is 7.57. The second-order valence-electron chi connectivity index (χ2n) is 4.24. The predicted molar refractivity (Wildman–Crippen MR) is 71.6 cm³/mol. The molecule has 0 unspecified atom stereocenters. The van der Waals surface area contributed by atoms with Crippen LogP contribution in [0.4, 0.5) is 10.1 Å². The van der Waals surface area contributed by atoms with Gasteiger partial charge in [0.05, 0.1) is 17.9 Å². The number of alkyl halides is 1. The molecule has 0 bridgehead atoms. The maximum absolute atomic E-state index is 12.2. The second-order valence-corrected chi connectivity index (χ2v) is 4.24. The molecule has 2 rings (SSSR count). The fourth-order valence-corrected chi connectivity index (χ4v) is 1.88. The quantitative estimate of drug-likeness (QED) is 0.850. The summed E-state index contributed by atoms with van der Waals surface area (Å²) in [6.07, 6.45) is 2.83. The Morgan fingerprint density at radius 3 is 2.78 bits per heavy atom. The highest BCUT2D eigenvalue weighted by Gasteiger charge is 2.03. The topological polar surface area (TPSA) is 29.9 Å². The van der Waals surface area contributed by atoms with Gasteiger partial charge in [-0.25, -0.2) is 4.39 Å². The lowest BCUT2D eigenvalue weighted by Crippen LogP contribution is -2.05. The number of hydrogen-bond donors (Lipinski definition) is 1. The van der Waals surface area contributed by atoms with E-state index in [0.29, 0.717) is 6.54 Å². The zero-order chi connectivity index (χ0) is 12.8. The molecular weight excluding hydrogens is 229 g/mol. The molecule has 1 aromatic heterocycles. The Hall–Kier alpha value is -1.84. The van der Waals surface area contributed by atoms with Crippen molar-refractivity contribution in [3.8, 4) is 0 Å². The van der Waals surface area contributed by atoms with Crippen molar-refractivity contribution < 1.29 is 4.39 Å². The fraction of sp³-hybridized carbons (Fsp3) is 0.357. The molecule has 2 aromatic rings. The van der Waals surface area contributed by atoms with Gasteiger partial charge in [0.25, 0.3) is 0 Å². The third kappa shape index (κ3) is 3.32. The van der Waals surface area contributed by atoms with Gasteiger partial charge in [0.1, 0.15) is 6.67 Å². The van der Waals surface area contributed by atoms with Gasteiger partial charge in [-0.05, 0) is 18.9 Å². The SMILES string of the molecule is Cc1nn(CCF)cc1NCCc1ccccc1. The molecule has 0 aliphatic carbocycles. The van der Waals surface area contributed by atoms with Crippen molar-refractivity contribution in [1.29, 1.82) is 0 Å². The summed E-state index contributed by atoms with van der Waals surface area (Å²) in [6, 6.07) is 10.3. The first-order chi connectivity index (χ1) is 8.79. The molecule has 4 heteroatoms. The highest BCUT2D eigenvalue weighted by molar-refractivity contribution is 5.45. The van der Waals surface area contributed by atoms with E-state index >= 15 is 0 Å². The largest absolute Gasteiger partial charge is 0.382 e. The van der Waals surface area contributed by atoms with Gasteiger partial charge in [-0.1, -0.05) is 30.3 Å². The highest BCUT2D eigenvalue weighted by Crippen LogP contribution is 2.12. The van der Waals surface area contributed by atoms with Crippen LogP contribution < -0.4 is 5.32 Å². The van der Waals surface area contributed by atoms with Crippen LogP contribution in [0.3, 0.4) is 0 Å². The van der Waals surface area contributed by atoms with Gasteiger partial charge in [-0.3, -0.25) is 4.68 Å². The van der Waals surface area contributed by atoms with Gasteiger partial charge in [0.15, 0.2) is 0 Å². The molecule has 0 saturated heterocycles. The number of anilines is 1. The van der Waals surface area contributed by atoms with Crippen LogP contribution in [-0.4, -0.2) is 23.0 Å². The number of nitrogens with one attached hydrogen (secondary N) is 1. The number of aromatic nitrogens is 2. The number of aryl methyl sites for hydroxylation is 2. The third-order valence-corrected chi connectivity index (χ3v) is 2.83. The highest BCUT2D eigenvalue weighted by atomic mass is 19.1. The van der Waals surface area contributed by atoms with Crippen molar-refractivity contribution in [2.24, 2.45) is 0 Å². The minimum atomic E-state index is -0.384. The molecular formula is C14H18FN3. The first kappa shape index (κ1) is 12.6. The normalized spacial score (nSPS) is 10.6. The van der Waals surface area contributed by atoms with E-state index in [2.05, 4.69) is 22.5 Å². The third-order valence-electron chi connectivity index (χ3n) is 2.83. The van der Waals surface area contributed by atoms with Crippen LogP contribution >= 0.6 is 0 Å². The predicted octanol–water partition coefficient (Wildman–Crippen LogP) is 2.82. The molecule has 0 aliphatic rings. The van der Waals surface area contributed by atoms with Crippen molar-refractivity contribution >= 4 is 5.69 Å². The fourth-order valence-electron chi connectivity index (χ4n) is 1.88. The molecule has 3 nitrogen and oxygen atoms in total. The number of hydrogen-bond acceptors (Lipinski definition) is 2. The van der Waals surface area contributed by atoms with Crippen LogP contribution in [0.1, 0.15) is 11.3 Å². The average molecular weight is 247 g/mol. The number of halogens is 1. The standard InChI is InChI=1S/C14H18FN3/c1-12-14(11-18(17-12)10-8-15)16-9-7-13-5-3-2-4-6-13/h2-6,11,16H,7-10H2,1H3. The average Bonchev–Trinajstić information content (AvgIpc) is 2.72. The molecule has 96 valence electrons. The summed E-state index contributed by atoms with van der Waals surface area (Å²) in [5.41, 5.74) is 3.20. The van der Waals surface area contributed by atoms with Crippen LogP contribution in [0.5, 0.6) is 0 Å². The summed E-state index contributed by atoms with van der Waals surface area (Å²) in [5.74, 6) is 0. The lowest BCUT2D eigenvalue weighted by atomic mass is 10.1. The van der Waals surface area contributed by atoms with Crippen molar-refractivity contribution in [2.75, 3.05) is 18.5 Å².